The van der Waals surface area contributed by atoms with Gasteiger partial charge in [-0.1, -0.05) is 12.1 Å². The fourth-order valence-corrected chi connectivity index (χ4v) is 2.74. The van der Waals surface area contributed by atoms with Crippen molar-refractivity contribution in [1.29, 1.82) is 0 Å². The average Bonchev–Trinajstić information content (AvgIpc) is 2.97. The second-order valence-electron chi connectivity index (χ2n) is 6.19. The normalized spacial score (nSPS) is 12.4. The zero-order valence-corrected chi connectivity index (χ0v) is 14.6. The zero-order chi connectivity index (χ0) is 17.4. The summed E-state index contributed by atoms with van der Waals surface area (Å²) in [7, 11) is 0. The number of aromatic amines is 1. The monoisotopic (exact) mass is 323 g/mol. The predicted octanol–water partition coefficient (Wildman–Crippen LogP) is 3.08. The van der Waals surface area contributed by atoms with E-state index in [1.165, 1.54) is 0 Å². The van der Waals surface area contributed by atoms with E-state index in [1.807, 2.05) is 52.8 Å². The number of aryl methyl sites for hydroxylation is 4. The molecule has 3 aromatic rings. The molecule has 0 spiro atoms. The number of nitrogens with zero attached hydrogens (tertiary/aromatic N) is 3. The van der Waals surface area contributed by atoms with Gasteiger partial charge in [0.1, 0.15) is 5.82 Å². The van der Waals surface area contributed by atoms with Gasteiger partial charge in [-0.2, -0.15) is 5.10 Å². The summed E-state index contributed by atoms with van der Waals surface area (Å²) >= 11 is 0. The third-order valence-corrected chi connectivity index (χ3v) is 4.23. The van der Waals surface area contributed by atoms with Crippen LogP contribution in [0.15, 0.2) is 18.2 Å². The number of pyridine rings is 1. The fourth-order valence-electron chi connectivity index (χ4n) is 2.74. The van der Waals surface area contributed by atoms with Crippen molar-refractivity contribution >= 4 is 16.8 Å². The first-order valence-electron chi connectivity index (χ1n) is 7.94. The number of amides is 1. The standard InChI is InChI=1S/C18H21N5O/c1-9-6-7-14-15(8-10(2)19-16(14)11(9)3)18(24)20-12(4)17-21-13(5)22-23-17/h6-8,12H,1-5H3,(H,20,24)(H,21,22,23)/t12-/m0/s1. The molecule has 6 nitrogen and oxygen atoms in total. The predicted molar refractivity (Wildman–Crippen MR) is 93.0 cm³/mol. The van der Waals surface area contributed by atoms with E-state index in [-0.39, 0.29) is 11.9 Å². The molecule has 0 fully saturated rings. The highest BCUT2D eigenvalue weighted by molar-refractivity contribution is 6.07. The lowest BCUT2D eigenvalue weighted by Gasteiger charge is -2.14. The van der Waals surface area contributed by atoms with Crippen molar-refractivity contribution in [3.63, 3.8) is 0 Å². The smallest absolute Gasteiger partial charge is 0.252 e. The van der Waals surface area contributed by atoms with Crippen molar-refractivity contribution in [2.75, 3.05) is 0 Å². The highest BCUT2D eigenvalue weighted by atomic mass is 16.1. The minimum atomic E-state index is -0.280. The molecule has 124 valence electrons. The average molecular weight is 323 g/mol. The molecule has 0 bridgehead atoms. The zero-order valence-electron chi connectivity index (χ0n) is 14.6. The first-order valence-corrected chi connectivity index (χ1v) is 7.94. The van der Waals surface area contributed by atoms with E-state index < -0.39 is 0 Å². The maximum atomic E-state index is 12.8. The lowest BCUT2D eigenvalue weighted by Crippen LogP contribution is -2.27. The third kappa shape index (κ3) is 2.87. The van der Waals surface area contributed by atoms with Crippen LogP contribution >= 0.6 is 0 Å². The highest BCUT2D eigenvalue weighted by Gasteiger charge is 2.18. The Bertz CT molecular complexity index is 929. The molecule has 1 amide bonds. The van der Waals surface area contributed by atoms with Gasteiger partial charge >= 0.3 is 0 Å². The maximum absolute atomic E-state index is 12.8. The van der Waals surface area contributed by atoms with Gasteiger partial charge in [0, 0.05) is 11.1 Å². The fraction of sp³-hybridized carbons (Fsp3) is 0.333. The highest BCUT2D eigenvalue weighted by Crippen LogP contribution is 2.24. The van der Waals surface area contributed by atoms with Crippen molar-refractivity contribution in [3.05, 3.63) is 52.2 Å². The number of benzene rings is 1. The van der Waals surface area contributed by atoms with E-state index in [9.17, 15) is 4.79 Å². The summed E-state index contributed by atoms with van der Waals surface area (Å²) in [5, 5.41) is 10.7. The summed E-state index contributed by atoms with van der Waals surface area (Å²) in [4.78, 5) is 21.7. The van der Waals surface area contributed by atoms with Crippen LogP contribution in [0.1, 0.15) is 51.8 Å². The van der Waals surface area contributed by atoms with Crippen molar-refractivity contribution in [3.8, 4) is 0 Å². The quantitative estimate of drug-likeness (QED) is 0.776. The molecule has 0 saturated carbocycles. The Kier molecular flexibility index (Phi) is 4.05. The van der Waals surface area contributed by atoms with E-state index in [0.717, 1.165) is 33.5 Å². The molecular formula is C18H21N5O. The molecule has 0 saturated heterocycles. The van der Waals surface area contributed by atoms with Gasteiger partial charge in [-0.3, -0.25) is 14.9 Å². The Morgan fingerprint density at radius 2 is 1.92 bits per heavy atom. The van der Waals surface area contributed by atoms with Gasteiger partial charge in [0.15, 0.2) is 5.82 Å². The van der Waals surface area contributed by atoms with E-state index in [2.05, 4.69) is 25.5 Å². The topological polar surface area (TPSA) is 83.6 Å². The number of nitrogens with one attached hydrogen (secondary N) is 2. The summed E-state index contributed by atoms with van der Waals surface area (Å²) in [5.41, 5.74) is 4.59. The first-order chi connectivity index (χ1) is 11.4. The molecule has 2 N–H and O–H groups in total. The molecule has 1 atom stereocenters. The number of hydrogen-bond acceptors (Lipinski definition) is 4. The van der Waals surface area contributed by atoms with Crippen molar-refractivity contribution in [1.82, 2.24) is 25.5 Å². The van der Waals surface area contributed by atoms with Crippen LogP contribution in [0.5, 0.6) is 0 Å². The van der Waals surface area contributed by atoms with Crippen LogP contribution in [0.4, 0.5) is 0 Å². The van der Waals surface area contributed by atoms with Crippen LogP contribution in [0.25, 0.3) is 10.9 Å². The van der Waals surface area contributed by atoms with Crippen LogP contribution in [-0.2, 0) is 0 Å². The number of aromatic nitrogens is 4. The summed E-state index contributed by atoms with van der Waals surface area (Å²) in [6, 6.07) is 5.52. The Balaban J connectivity index is 1.99. The summed E-state index contributed by atoms with van der Waals surface area (Å²) in [5.74, 6) is 1.15. The van der Waals surface area contributed by atoms with Crippen molar-refractivity contribution in [2.24, 2.45) is 0 Å². The molecule has 0 aliphatic heterocycles. The molecule has 0 aliphatic rings. The largest absolute Gasteiger partial charge is 0.342 e. The molecule has 1 aromatic carbocycles. The lowest BCUT2D eigenvalue weighted by atomic mass is 10.0. The van der Waals surface area contributed by atoms with Gasteiger partial charge < -0.3 is 5.32 Å². The first kappa shape index (κ1) is 16.1. The summed E-state index contributed by atoms with van der Waals surface area (Å²) in [6.45, 7) is 9.68. The Morgan fingerprint density at radius 1 is 1.17 bits per heavy atom. The molecule has 24 heavy (non-hydrogen) atoms. The molecule has 0 aliphatic carbocycles. The molecule has 2 aromatic heterocycles. The molecule has 0 radical (unpaired) electrons. The van der Waals surface area contributed by atoms with Gasteiger partial charge in [0.2, 0.25) is 0 Å². The van der Waals surface area contributed by atoms with Crippen LogP contribution < -0.4 is 5.32 Å². The minimum absolute atomic E-state index is 0.149. The molecular weight excluding hydrogens is 302 g/mol. The third-order valence-electron chi connectivity index (χ3n) is 4.23. The van der Waals surface area contributed by atoms with Gasteiger partial charge in [-0.25, -0.2) is 4.98 Å². The molecule has 3 rings (SSSR count). The van der Waals surface area contributed by atoms with Crippen LogP contribution in [0.3, 0.4) is 0 Å². The minimum Gasteiger partial charge on any atom is -0.342 e. The second-order valence-corrected chi connectivity index (χ2v) is 6.19. The SMILES string of the molecule is Cc1cc(C(=O)N[C@@H](C)c2n[nH]c(C)n2)c2ccc(C)c(C)c2n1. The number of fused-ring (bicyclic) bond motifs is 1. The van der Waals surface area contributed by atoms with E-state index in [1.54, 1.807) is 0 Å². The number of H-pyrrole nitrogens is 1. The molecule has 6 heteroatoms. The summed E-state index contributed by atoms with van der Waals surface area (Å²) < 4.78 is 0. The lowest BCUT2D eigenvalue weighted by molar-refractivity contribution is 0.0940. The van der Waals surface area contributed by atoms with E-state index in [0.29, 0.717) is 11.4 Å². The Morgan fingerprint density at radius 3 is 2.58 bits per heavy atom. The van der Waals surface area contributed by atoms with Gasteiger partial charge in [-0.05, 0) is 51.8 Å². The molecule has 0 unspecified atom stereocenters. The van der Waals surface area contributed by atoms with Crippen LogP contribution in [-0.4, -0.2) is 26.1 Å². The number of carbonyl (C=O) groups excluding carboxylic acids is 1. The Hall–Kier alpha value is -2.76. The maximum Gasteiger partial charge on any atom is 0.252 e. The number of carbonyl (C=O) groups is 1. The van der Waals surface area contributed by atoms with Gasteiger partial charge in [-0.15, -0.1) is 0 Å². The van der Waals surface area contributed by atoms with Gasteiger partial charge in [0.25, 0.3) is 5.91 Å². The van der Waals surface area contributed by atoms with Crippen LogP contribution in [0.2, 0.25) is 0 Å². The summed E-state index contributed by atoms with van der Waals surface area (Å²) in [6.07, 6.45) is 0. The van der Waals surface area contributed by atoms with Gasteiger partial charge in [0.05, 0.1) is 17.1 Å². The van der Waals surface area contributed by atoms with Crippen molar-refractivity contribution < 1.29 is 4.79 Å². The second kappa shape index (κ2) is 6.03. The van der Waals surface area contributed by atoms with E-state index in [4.69, 9.17) is 0 Å². The van der Waals surface area contributed by atoms with E-state index >= 15 is 0 Å². The molecule has 2 heterocycles. The van der Waals surface area contributed by atoms with Crippen LogP contribution in [0, 0.1) is 27.7 Å². The Labute approximate surface area is 140 Å². The number of hydrogen-bond donors (Lipinski definition) is 2. The van der Waals surface area contributed by atoms with Crippen molar-refractivity contribution in [2.45, 2.75) is 40.7 Å². The number of rotatable bonds is 3.